The first-order valence-electron chi connectivity index (χ1n) is 5.36. The Balaban J connectivity index is 2.88. The molecule has 0 aliphatic heterocycles. The maximum absolute atomic E-state index is 12.8. The molecule has 98 valence electrons. The van der Waals surface area contributed by atoms with E-state index >= 15 is 0 Å². The van der Waals surface area contributed by atoms with Crippen LogP contribution in [0, 0.1) is 5.82 Å². The number of esters is 1. The maximum atomic E-state index is 12.8. The molecule has 0 saturated carbocycles. The molecule has 0 heterocycles. The van der Waals surface area contributed by atoms with Gasteiger partial charge in [0.1, 0.15) is 18.2 Å². The Hall–Kier alpha value is -1.62. The number of alkyl halides is 1. The molecule has 4 nitrogen and oxygen atoms in total. The number of halogens is 2. The minimum Gasteiger partial charge on any atom is -0.465 e. The van der Waals surface area contributed by atoms with Crippen LogP contribution < -0.4 is 4.90 Å². The lowest BCUT2D eigenvalue weighted by molar-refractivity contribution is -0.142. The topological polar surface area (TPSA) is 46.6 Å². The molecule has 0 saturated heterocycles. The number of hydrogen-bond donors (Lipinski definition) is 0. The SMILES string of the molecule is CCOC(=O)CN(C(=O)CCl)c1ccc(F)cc1. The van der Waals surface area contributed by atoms with Crippen molar-refractivity contribution < 1.29 is 18.7 Å². The average molecular weight is 274 g/mol. The number of benzene rings is 1. The first-order valence-corrected chi connectivity index (χ1v) is 5.89. The van der Waals surface area contributed by atoms with Crippen molar-refractivity contribution in [3.05, 3.63) is 30.1 Å². The van der Waals surface area contributed by atoms with E-state index in [0.29, 0.717) is 5.69 Å². The van der Waals surface area contributed by atoms with Gasteiger partial charge in [-0.15, -0.1) is 11.6 Å². The van der Waals surface area contributed by atoms with Gasteiger partial charge >= 0.3 is 5.97 Å². The summed E-state index contributed by atoms with van der Waals surface area (Å²) in [7, 11) is 0. The second-order valence-electron chi connectivity index (χ2n) is 3.39. The lowest BCUT2D eigenvalue weighted by Crippen LogP contribution is -2.37. The van der Waals surface area contributed by atoms with Gasteiger partial charge in [-0.2, -0.15) is 0 Å². The number of carbonyl (C=O) groups excluding carboxylic acids is 2. The molecule has 0 aliphatic rings. The monoisotopic (exact) mass is 273 g/mol. The summed E-state index contributed by atoms with van der Waals surface area (Å²) in [5.41, 5.74) is 0.398. The molecule has 0 atom stereocenters. The van der Waals surface area contributed by atoms with Gasteiger partial charge in [-0.05, 0) is 31.2 Å². The minimum atomic E-state index is -0.541. The van der Waals surface area contributed by atoms with Crippen LogP contribution in [0.2, 0.25) is 0 Å². The van der Waals surface area contributed by atoms with Gasteiger partial charge in [0.2, 0.25) is 5.91 Å². The van der Waals surface area contributed by atoms with Gasteiger partial charge < -0.3 is 9.64 Å². The minimum absolute atomic E-state index is 0.227. The van der Waals surface area contributed by atoms with E-state index in [1.807, 2.05) is 0 Å². The summed E-state index contributed by atoms with van der Waals surface area (Å²) in [6.45, 7) is 1.65. The van der Waals surface area contributed by atoms with Gasteiger partial charge in [0, 0.05) is 5.69 Å². The Morgan fingerprint density at radius 2 is 1.94 bits per heavy atom. The van der Waals surface area contributed by atoms with Crippen LogP contribution in [0.5, 0.6) is 0 Å². The van der Waals surface area contributed by atoms with Crippen molar-refractivity contribution in [1.82, 2.24) is 0 Å². The molecule has 0 radical (unpaired) electrons. The normalized spacial score (nSPS) is 9.94. The lowest BCUT2D eigenvalue weighted by atomic mass is 10.2. The van der Waals surface area contributed by atoms with Crippen molar-refractivity contribution in [2.75, 3.05) is 23.9 Å². The van der Waals surface area contributed by atoms with Crippen LogP contribution in [0.3, 0.4) is 0 Å². The van der Waals surface area contributed by atoms with Gasteiger partial charge in [-0.3, -0.25) is 9.59 Å². The molecule has 1 aromatic rings. The number of amides is 1. The second kappa shape index (κ2) is 6.96. The largest absolute Gasteiger partial charge is 0.465 e. The van der Waals surface area contributed by atoms with Crippen LogP contribution >= 0.6 is 11.6 Å². The molecule has 1 amide bonds. The van der Waals surface area contributed by atoms with Gasteiger partial charge in [0.15, 0.2) is 0 Å². The van der Waals surface area contributed by atoms with Gasteiger partial charge in [-0.25, -0.2) is 4.39 Å². The highest BCUT2D eigenvalue weighted by molar-refractivity contribution is 6.29. The average Bonchev–Trinajstić information content (AvgIpc) is 2.36. The standard InChI is InChI=1S/C12H13ClFNO3/c1-2-18-12(17)8-15(11(16)7-13)10-5-3-9(14)4-6-10/h3-6H,2,7-8H2,1H3. The number of ether oxygens (including phenoxy) is 1. The lowest BCUT2D eigenvalue weighted by Gasteiger charge is -2.20. The molecule has 0 aromatic heterocycles. The molecular weight excluding hydrogens is 261 g/mol. The Morgan fingerprint density at radius 1 is 1.33 bits per heavy atom. The summed E-state index contributed by atoms with van der Waals surface area (Å²) in [5.74, 6) is -1.68. The Morgan fingerprint density at radius 3 is 2.44 bits per heavy atom. The fraction of sp³-hybridized carbons (Fsp3) is 0.333. The molecule has 0 spiro atoms. The van der Waals surface area contributed by atoms with Crippen molar-refractivity contribution in [3.8, 4) is 0 Å². The third-order valence-corrected chi connectivity index (χ3v) is 2.37. The van der Waals surface area contributed by atoms with E-state index in [1.54, 1.807) is 6.92 Å². The molecule has 0 N–H and O–H groups in total. The molecule has 0 bridgehead atoms. The van der Waals surface area contributed by atoms with Gasteiger partial charge in [0.25, 0.3) is 0 Å². The van der Waals surface area contributed by atoms with E-state index < -0.39 is 17.7 Å². The van der Waals surface area contributed by atoms with E-state index in [9.17, 15) is 14.0 Å². The van der Waals surface area contributed by atoms with E-state index in [2.05, 4.69) is 0 Å². The van der Waals surface area contributed by atoms with Crippen LogP contribution in [0.25, 0.3) is 0 Å². The number of carbonyl (C=O) groups is 2. The van der Waals surface area contributed by atoms with Crippen LogP contribution in [0.1, 0.15) is 6.92 Å². The fourth-order valence-corrected chi connectivity index (χ4v) is 1.50. The molecule has 18 heavy (non-hydrogen) atoms. The first-order chi connectivity index (χ1) is 8.58. The second-order valence-corrected chi connectivity index (χ2v) is 3.66. The van der Waals surface area contributed by atoms with Crippen molar-refractivity contribution in [2.24, 2.45) is 0 Å². The first kappa shape index (κ1) is 14.4. The van der Waals surface area contributed by atoms with Crippen LogP contribution in [0.15, 0.2) is 24.3 Å². The summed E-state index contributed by atoms with van der Waals surface area (Å²) >= 11 is 5.47. The predicted molar refractivity (Wildman–Crippen MR) is 66.1 cm³/mol. The van der Waals surface area contributed by atoms with Crippen molar-refractivity contribution in [2.45, 2.75) is 6.92 Å². The summed E-state index contributed by atoms with van der Waals surface area (Å²) in [6, 6.07) is 5.21. The molecular formula is C12H13ClFNO3. The quantitative estimate of drug-likeness (QED) is 0.609. The van der Waals surface area contributed by atoms with Gasteiger partial charge in [0.05, 0.1) is 6.61 Å². The number of rotatable bonds is 5. The third-order valence-electron chi connectivity index (χ3n) is 2.15. The van der Waals surface area contributed by atoms with Gasteiger partial charge in [-0.1, -0.05) is 0 Å². The van der Waals surface area contributed by atoms with Crippen molar-refractivity contribution >= 4 is 29.2 Å². The number of anilines is 1. The fourth-order valence-electron chi connectivity index (χ4n) is 1.35. The zero-order chi connectivity index (χ0) is 13.5. The van der Waals surface area contributed by atoms with E-state index in [-0.39, 0.29) is 19.0 Å². The summed E-state index contributed by atoms with van der Waals surface area (Å²) in [6.07, 6.45) is 0. The zero-order valence-corrected chi connectivity index (χ0v) is 10.6. The van der Waals surface area contributed by atoms with Crippen molar-refractivity contribution in [1.29, 1.82) is 0 Å². The van der Waals surface area contributed by atoms with Crippen molar-refractivity contribution in [3.63, 3.8) is 0 Å². The maximum Gasteiger partial charge on any atom is 0.326 e. The summed E-state index contributed by atoms with van der Waals surface area (Å²) < 4.78 is 17.6. The smallest absolute Gasteiger partial charge is 0.326 e. The third kappa shape index (κ3) is 4.00. The zero-order valence-electron chi connectivity index (χ0n) is 9.86. The van der Waals surface area contributed by atoms with Crippen LogP contribution in [0.4, 0.5) is 10.1 Å². The summed E-state index contributed by atoms with van der Waals surface area (Å²) in [5, 5.41) is 0. The molecule has 1 rings (SSSR count). The molecule has 0 unspecified atom stereocenters. The highest BCUT2D eigenvalue weighted by atomic mass is 35.5. The number of hydrogen-bond acceptors (Lipinski definition) is 3. The Bertz CT molecular complexity index is 422. The Labute approximate surface area is 109 Å². The van der Waals surface area contributed by atoms with Crippen LogP contribution in [-0.4, -0.2) is 30.9 Å². The molecule has 0 aliphatic carbocycles. The van der Waals surface area contributed by atoms with Crippen LogP contribution in [-0.2, 0) is 14.3 Å². The predicted octanol–water partition coefficient (Wildman–Crippen LogP) is 1.96. The summed E-state index contributed by atoms with van der Waals surface area (Å²) in [4.78, 5) is 24.2. The molecule has 0 fully saturated rings. The Kier molecular flexibility index (Phi) is 5.58. The van der Waals surface area contributed by atoms with E-state index in [1.165, 1.54) is 24.3 Å². The highest BCUT2D eigenvalue weighted by Gasteiger charge is 2.18. The van der Waals surface area contributed by atoms with E-state index in [0.717, 1.165) is 4.90 Å². The van der Waals surface area contributed by atoms with E-state index in [4.69, 9.17) is 16.3 Å². The molecule has 1 aromatic carbocycles. The molecule has 6 heteroatoms. The highest BCUT2D eigenvalue weighted by Crippen LogP contribution is 2.15. The number of nitrogens with zero attached hydrogens (tertiary/aromatic N) is 1.